The fourth-order valence-corrected chi connectivity index (χ4v) is 2.04. The molecule has 1 rings (SSSR count). The third kappa shape index (κ3) is 3.52. The van der Waals surface area contributed by atoms with Crippen LogP contribution in [0.1, 0.15) is 45.4 Å². The Balaban J connectivity index is 2.41. The first-order valence-electron chi connectivity index (χ1n) is 5.68. The van der Waals surface area contributed by atoms with Crippen LogP contribution in [0.15, 0.2) is 17.8 Å². The van der Waals surface area contributed by atoms with E-state index in [4.69, 9.17) is 4.84 Å². The summed E-state index contributed by atoms with van der Waals surface area (Å²) < 4.78 is 0. The first kappa shape index (κ1) is 11.3. The predicted octanol–water partition coefficient (Wildman–Crippen LogP) is 3.54. The standard InChI is InChI=1S/C12H21NO/c1-3-10-14-13-12(4-2)11-8-6-5-7-9-11/h3,11H,1,4-10H2,2H3/b13-12+. The molecule has 1 aliphatic rings. The average Bonchev–Trinajstić information content (AvgIpc) is 2.26. The fourth-order valence-electron chi connectivity index (χ4n) is 2.04. The summed E-state index contributed by atoms with van der Waals surface area (Å²) in [5, 5.41) is 4.20. The van der Waals surface area contributed by atoms with Crippen LogP contribution in [0.5, 0.6) is 0 Å². The minimum absolute atomic E-state index is 0.524. The van der Waals surface area contributed by atoms with Crippen molar-refractivity contribution in [1.29, 1.82) is 0 Å². The molecule has 0 N–H and O–H groups in total. The van der Waals surface area contributed by atoms with Crippen LogP contribution in [-0.4, -0.2) is 12.3 Å². The number of hydrogen-bond acceptors (Lipinski definition) is 2. The molecule has 0 heterocycles. The second-order valence-corrected chi connectivity index (χ2v) is 3.86. The highest BCUT2D eigenvalue weighted by Gasteiger charge is 2.18. The van der Waals surface area contributed by atoms with Crippen molar-refractivity contribution < 1.29 is 4.84 Å². The maximum Gasteiger partial charge on any atom is 0.135 e. The lowest BCUT2D eigenvalue weighted by atomic mass is 9.85. The van der Waals surface area contributed by atoms with E-state index in [-0.39, 0.29) is 0 Å². The molecule has 0 aliphatic heterocycles. The Kier molecular flexibility index (Phi) is 5.35. The number of nitrogens with zero attached hydrogens (tertiary/aromatic N) is 1. The highest BCUT2D eigenvalue weighted by Crippen LogP contribution is 2.25. The van der Waals surface area contributed by atoms with Crippen molar-refractivity contribution in [2.24, 2.45) is 11.1 Å². The monoisotopic (exact) mass is 195 g/mol. The van der Waals surface area contributed by atoms with Crippen LogP contribution in [0, 0.1) is 5.92 Å². The summed E-state index contributed by atoms with van der Waals surface area (Å²) in [4.78, 5) is 5.16. The first-order chi connectivity index (χ1) is 6.88. The van der Waals surface area contributed by atoms with E-state index in [0.717, 1.165) is 6.42 Å². The van der Waals surface area contributed by atoms with Crippen molar-refractivity contribution in [3.05, 3.63) is 12.7 Å². The van der Waals surface area contributed by atoms with E-state index < -0.39 is 0 Å². The van der Waals surface area contributed by atoms with Gasteiger partial charge in [-0.25, -0.2) is 0 Å². The van der Waals surface area contributed by atoms with Crippen molar-refractivity contribution in [2.45, 2.75) is 45.4 Å². The summed E-state index contributed by atoms with van der Waals surface area (Å²) in [6.45, 7) is 6.28. The van der Waals surface area contributed by atoms with Gasteiger partial charge in [-0.1, -0.05) is 44.0 Å². The summed E-state index contributed by atoms with van der Waals surface area (Å²) in [5.74, 6) is 0.679. The molecule has 0 aromatic rings. The SMILES string of the molecule is C=CCO/N=C(\CC)C1CCCCC1. The lowest BCUT2D eigenvalue weighted by Crippen LogP contribution is -2.17. The fraction of sp³-hybridized carbons (Fsp3) is 0.750. The van der Waals surface area contributed by atoms with Crippen LogP contribution in [-0.2, 0) is 4.84 Å². The van der Waals surface area contributed by atoms with Gasteiger partial charge in [0.15, 0.2) is 0 Å². The normalized spacial score (nSPS) is 19.4. The molecule has 0 unspecified atom stereocenters. The Morgan fingerprint density at radius 3 is 2.71 bits per heavy atom. The van der Waals surface area contributed by atoms with Crippen molar-refractivity contribution in [2.75, 3.05) is 6.61 Å². The van der Waals surface area contributed by atoms with Crippen molar-refractivity contribution in [3.63, 3.8) is 0 Å². The Hall–Kier alpha value is -0.790. The molecule has 2 heteroatoms. The zero-order valence-electron chi connectivity index (χ0n) is 9.17. The van der Waals surface area contributed by atoms with Gasteiger partial charge in [-0.3, -0.25) is 0 Å². The van der Waals surface area contributed by atoms with Gasteiger partial charge in [0.2, 0.25) is 0 Å². The largest absolute Gasteiger partial charge is 0.392 e. The zero-order valence-corrected chi connectivity index (χ0v) is 9.17. The Bertz CT molecular complexity index is 192. The van der Waals surface area contributed by atoms with Gasteiger partial charge in [-0.05, 0) is 19.3 Å². The molecular formula is C12H21NO. The molecule has 0 spiro atoms. The van der Waals surface area contributed by atoms with E-state index in [9.17, 15) is 0 Å². The average molecular weight is 195 g/mol. The molecule has 1 fully saturated rings. The summed E-state index contributed by atoms with van der Waals surface area (Å²) in [6.07, 6.45) is 9.44. The van der Waals surface area contributed by atoms with E-state index in [1.165, 1.54) is 37.8 Å². The molecule has 14 heavy (non-hydrogen) atoms. The van der Waals surface area contributed by atoms with Crippen LogP contribution in [0.3, 0.4) is 0 Å². The van der Waals surface area contributed by atoms with Gasteiger partial charge >= 0.3 is 0 Å². The highest BCUT2D eigenvalue weighted by molar-refractivity contribution is 5.86. The topological polar surface area (TPSA) is 21.6 Å². The van der Waals surface area contributed by atoms with E-state index in [1.807, 2.05) is 0 Å². The van der Waals surface area contributed by atoms with Crippen molar-refractivity contribution in [1.82, 2.24) is 0 Å². The second kappa shape index (κ2) is 6.63. The minimum atomic E-state index is 0.524. The van der Waals surface area contributed by atoms with Gasteiger partial charge in [0.25, 0.3) is 0 Å². The molecule has 1 saturated carbocycles. The quantitative estimate of drug-likeness (QED) is 0.284. The van der Waals surface area contributed by atoms with Crippen molar-refractivity contribution >= 4 is 5.71 Å². The molecule has 0 radical (unpaired) electrons. The molecule has 2 nitrogen and oxygen atoms in total. The predicted molar refractivity (Wildman–Crippen MR) is 60.5 cm³/mol. The van der Waals surface area contributed by atoms with Gasteiger partial charge < -0.3 is 4.84 Å². The van der Waals surface area contributed by atoms with E-state index in [2.05, 4.69) is 18.7 Å². The summed E-state index contributed by atoms with van der Waals surface area (Å²) >= 11 is 0. The molecule has 0 atom stereocenters. The molecule has 0 aromatic heterocycles. The second-order valence-electron chi connectivity index (χ2n) is 3.86. The molecule has 0 amide bonds. The molecule has 1 aliphatic carbocycles. The van der Waals surface area contributed by atoms with Crippen molar-refractivity contribution in [3.8, 4) is 0 Å². The van der Waals surface area contributed by atoms with Crippen LogP contribution >= 0.6 is 0 Å². The molecule has 0 saturated heterocycles. The van der Waals surface area contributed by atoms with Crippen LogP contribution < -0.4 is 0 Å². The number of rotatable bonds is 5. The van der Waals surface area contributed by atoms with E-state index in [0.29, 0.717) is 12.5 Å². The molecule has 0 bridgehead atoms. The van der Waals surface area contributed by atoms with E-state index in [1.54, 1.807) is 6.08 Å². The molecular weight excluding hydrogens is 174 g/mol. The third-order valence-corrected chi connectivity index (χ3v) is 2.81. The van der Waals surface area contributed by atoms with Gasteiger partial charge in [0.1, 0.15) is 6.61 Å². The lowest BCUT2D eigenvalue weighted by Gasteiger charge is -2.22. The third-order valence-electron chi connectivity index (χ3n) is 2.81. The summed E-state index contributed by atoms with van der Waals surface area (Å²) in [6, 6.07) is 0. The first-order valence-corrected chi connectivity index (χ1v) is 5.68. The van der Waals surface area contributed by atoms with Crippen LogP contribution in [0.4, 0.5) is 0 Å². The Morgan fingerprint density at radius 1 is 1.43 bits per heavy atom. The van der Waals surface area contributed by atoms with Gasteiger partial charge in [-0.15, -0.1) is 0 Å². The van der Waals surface area contributed by atoms with Gasteiger partial charge in [0, 0.05) is 5.92 Å². The minimum Gasteiger partial charge on any atom is -0.392 e. The van der Waals surface area contributed by atoms with Crippen LogP contribution in [0.25, 0.3) is 0 Å². The zero-order chi connectivity index (χ0) is 10.2. The molecule has 80 valence electrons. The van der Waals surface area contributed by atoms with Crippen LogP contribution in [0.2, 0.25) is 0 Å². The Morgan fingerprint density at radius 2 is 2.14 bits per heavy atom. The molecule has 0 aromatic carbocycles. The Labute approximate surface area is 87.0 Å². The summed E-state index contributed by atoms with van der Waals surface area (Å²) in [5.41, 5.74) is 1.24. The summed E-state index contributed by atoms with van der Waals surface area (Å²) in [7, 11) is 0. The van der Waals surface area contributed by atoms with Gasteiger partial charge in [0.05, 0.1) is 5.71 Å². The number of oxime groups is 1. The van der Waals surface area contributed by atoms with E-state index >= 15 is 0 Å². The van der Waals surface area contributed by atoms with Gasteiger partial charge in [-0.2, -0.15) is 0 Å². The maximum absolute atomic E-state index is 5.16. The smallest absolute Gasteiger partial charge is 0.135 e. The highest BCUT2D eigenvalue weighted by atomic mass is 16.6. The lowest BCUT2D eigenvalue weighted by molar-refractivity contribution is 0.171. The maximum atomic E-state index is 5.16. The number of hydrogen-bond donors (Lipinski definition) is 0.